The third-order valence-electron chi connectivity index (χ3n) is 11.7. The molecular weight excluding hydrogens is 805 g/mol. The Labute approximate surface area is 366 Å². The Bertz CT molecular complexity index is 1620. The fourth-order valence-electron chi connectivity index (χ4n) is 8.45. The maximum absolute atomic E-state index is 13.6. The zero-order valence-corrected chi connectivity index (χ0v) is 37.7. The summed E-state index contributed by atoms with van der Waals surface area (Å²) in [6.45, 7) is 10.4. The van der Waals surface area contributed by atoms with Crippen molar-refractivity contribution < 1.29 is 67.6 Å². The van der Waals surface area contributed by atoms with Gasteiger partial charge in [0.25, 0.3) is 0 Å². The SMILES string of the molecule is CCC(=O)O[C@H]1[C@H](C)O[C@@H](O[C@H]2[C@H](N(C)C)[C@@H](O)[C@H](O[C@H]3[C@@H](CC=O)C[C@@H](C)[C@@H](O)/C=C/C=C/C[C@@H](C)OC(=O)C[C@@H](OC/C=C/c4cccnc4)[C@@H]3OC)O[C@@H]2C)C[C@@]1(C)O. The molecule has 16 nitrogen and oxygen atoms in total. The minimum atomic E-state index is -1.48. The van der Waals surface area contributed by atoms with E-state index in [-0.39, 0.29) is 44.6 Å². The second kappa shape index (κ2) is 24.6. The Balaban J connectivity index is 1.68. The van der Waals surface area contributed by atoms with E-state index in [1.807, 2.05) is 31.2 Å². The van der Waals surface area contributed by atoms with E-state index in [9.17, 15) is 29.7 Å². The van der Waals surface area contributed by atoms with E-state index in [2.05, 4.69) is 4.98 Å². The van der Waals surface area contributed by atoms with Gasteiger partial charge >= 0.3 is 11.9 Å². The molecule has 4 rings (SSSR count). The van der Waals surface area contributed by atoms with Crippen molar-refractivity contribution in [2.75, 3.05) is 27.8 Å². The number of allylic oxidation sites excluding steroid dienone is 2. The molecule has 0 spiro atoms. The molecule has 3 aliphatic heterocycles. The Morgan fingerprint density at radius 2 is 1.82 bits per heavy atom. The highest BCUT2D eigenvalue weighted by Crippen LogP contribution is 2.38. The van der Waals surface area contributed by atoms with Crippen LogP contribution in [0.2, 0.25) is 0 Å². The zero-order valence-electron chi connectivity index (χ0n) is 37.7. The van der Waals surface area contributed by atoms with Crippen molar-refractivity contribution in [3.8, 4) is 0 Å². The summed E-state index contributed by atoms with van der Waals surface area (Å²) in [6.07, 6.45) is 4.22. The summed E-state index contributed by atoms with van der Waals surface area (Å²) >= 11 is 0. The lowest BCUT2D eigenvalue weighted by Crippen LogP contribution is -2.66. The van der Waals surface area contributed by atoms with Crippen molar-refractivity contribution in [3.05, 3.63) is 60.5 Å². The second-order valence-electron chi connectivity index (χ2n) is 17.1. The number of aliphatic hydroxyl groups is 3. The lowest BCUT2D eigenvalue weighted by molar-refractivity contribution is -0.344. The van der Waals surface area contributed by atoms with Gasteiger partial charge in [0.2, 0.25) is 0 Å². The largest absolute Gasteiger partial charge is 0.462 e. The predicted molar refractivity (Wildman–Crippen MR) is 228 cm³/mol. The Hall–Kier alpha value is -3.42. The molecule has 1 aromatic heterocycles. The van der Waals surface area contributed by atoms with Crippen molar-refractivity contribution in [2.45, 2.75) is 165 Å². The summed E-state index contributed by atoms with van der Waals surface area (Å²) in [5, 5.41) is 34.8. The molecular formula is C46H70N2O14. The molecule has 3 N–H and O–H groups in total. The molecule has 0 radical (unpaired) electrons. The summed E-state index contributed by atoms with van der Waals surface area (Å²) in [6, 6.07) is 2.95. The third-order valence-corrected chi connectivity index (χ3v) is 11.7. The normalized spacial score (nSPS) is 38.9. The first-order valence-electron chi connectivity index (χ1n) is 21.7. The fourth-order valence-corrected chi connectivity index (χ4v) is 8.45. The fraction of sp³-hybridized carbons (Fsp3) is 0.696. The van der Waals surface area contributed by atoms with Gasteiger partial charge < -0.3 is 62.9 Å². The number of ether oxygens (including phenoxy) is 8. The summed E-state index contributed by atoms with van der Waals surface area (Å²) in [5.41, 5.74) is -0.634. The van der Waals surface area contributed by atoms with Gasteiger partial charge in [0.05, 0.1) is 49.6 Å². The van der Waals surface area contributed by atoms with Gasteiger partial charge in [-0.05, 0) is 71.7 Å². The van der Waals surface area contributed by atoms with Crippen LogP contribution in [0.25, 0.3) is 6.08 Å². The predicted octanol–water partition coefficient (Wildman–Crippen LogP) is 3.94. The number of carbonyl (C=O) groups excluding carboxylic acids is 3. The number of hydrogen-bond acceptors (Lipinski definition) is 16. The van der Waals surface area contributed by atoms with Crippen LogP contribution in [0.1, 0.15) is 85.6 Å². The standard InChI is InChI=1S/C46H70N2O14/c1-10-36(51)60-44-31(5)58-38(26-46(44,6)54)61-41-30(4)59-45(40(53)39(41)48(7)8)62-42-33(20-22-49)24-28(2)34(50)19-13-11-12-16-29(3)57-37(52)25-35(43(42)55-9)56-23-15-18-32-17-14-21-47-27-32/h11-15,17-19,21-22,27-31,33-35,38-45,50,53-54H,10,16,20,23-26H2,1-9H3/b12-11+,18-15+,19-13+/t28-,29-,30-,31+,33+,34+,35-,38+,39-,40-,41-,42+,43+,44+,45+,46-/m1/s1. The van der Waals surface area contributed by atoms with E-state index in [1.165, 1.54) is 7.11 Å². The molecule has 0 amide bonds. The molecule has 3 aliphatic rings. The summed E-state index contributed by atoms with van der Waals surface area (Å²) in [4.78, 5) is 44.1. The number of rotatable bonds is 14. The molecule has 62 heavy (non-hydrogen) atoms. The average molecular weight is 875 g/mol. The number of hydrogen-bond donors (Lipinski definition) is 3. The number of likely N-dealkylation sites (N-methyl/N-ethyl adjacent to an activating group) is 1. The van der Waals surface area contributed by atoms with Gasteiger partial charge in [-0.15, -0.1) is 0 Å². The monoisotopic (exact) mass is 874 g/mol. The Morgan fingerprint density at radius 1 is 1.06 bits per heavy atom. The quantitative estimate of drug-likeness (QED) is 0.179. The number of aliphatic hydroxyl groups excluding tert-OH is 2. The highest BCUT2D eigenvalue weighted by Gasteiger charge is 2.52. The first kappa shape index (κ1) is 51.2. The van der Waals surface area contributed by atoms with Gasteiger partial charge in [-0.25, -0.2) is 0 Å². The number of aldehydes is 1. The van der Waals surface area contributed by atoms with Crippen LogP contribution < -0.4 is 0 Å². The lowest BCUT2D eigenvalue weighted by Gasteiger charge is -2.50. The minimum absolute atomic E-state index is 0.0206. The highest BCUT2D eigenvalue weighted by molar-refractivity contribution is 5.70. The van der Waals surface area contributed by atoms with Crippen LogP contribution in [-0.2, 0) is 52.3 Å². The molecule has 1 aromatic rings. The van der Waals surface area contributed by atoms with Crippen LogP contribution in [0, 0.1) is 11.8 Å². The first-order chi connectivity index (χ1) is 29.5. The summed E-state index contributed by atoms with van der Waals surface area (Å²) in [7, 11) is 5.02. The van der Waals surface area contributed by atoms with Gasteiger partial charge in [-0.1, -0.05) is 56.4 Å². The summed E-state index contributed by atoms with van der Waals surface area (Å²) < 4.78 is 49.8. The zero-order chi connectivity index (χ0) is 45.6. The lowest BCUT2D eigenvalue weighted by atomic mass is 9.82. The van der Waals surface area contributed by atoms with Gasteiger partial charge in [0, 0.05) is 45.2 Å². The maximum atomic E-state index is 13.6. The van der Waals surface area contributed by atoms with E-state index >= 15 is 0 Å². The molecule has 0 bridgehead atoms. The van der Waals surface area contributed by atoms with Crippen LogP contribution in [0.4, 0.5) is 0 Å². The first-order valence-corrected chi connectivity index (χ1v) is 21.7. The number of cyclic esters (lactones) is 1. The molecule has 16 heteroatoms. The molecule has 2 fully saturated rings. The van der Waals surface area contributed by atoms with Crippen LogP contribution in [0.15, 0.2) is 54.9 Å². The summed E-state index contributed by atoms with van der Waals surface area (Å²) in [5.74, 6) is -1.99. The van der Waals surface area contributed by atoms with E-state index in [0.29, 0.717) is 6.42 Å². The van der Waals surface area contributed by atoms with Gasteiger partial charge in [-0.2, -0.15) is 0 Å². The molecule has 348 valence electrons. The van der Waals surface area contributed by atoms with E-state index in [4.69, 9.17) is 37.9 Å². The number of nitrogens with zero attached hydrogens (tertiary/aromatic N) is 2. The van der Waals surface area contributed by atoms with Crippen molar-refractivity contribution in [1.82, 2.24) is 9.88 Å². The van der Waals surface area contributed by atoms with Gasteiger partial charge in [0.15, 0.2) is 18.7 Å². The number of methoxy groups -OCH3 is 1. The van der Waals surface area contributed by atoms with Gasteiger partial charge in [-0.3, -0.25) is 14.6 Å². The molecule has 0 aromatic carbocycles. The van der Waals surface area contributed by atoms with E-state index < -0.39 is 103 Å². The smallest absolute Gasteiger partial charge is 0.308 e. The molecule has 16 atom stereocenters. The maximum Gasteiger partial charge on any atom is 0.308 e. The number of esters is 2. The van der Waals surface area contributed by atoms with Crippen molar-refractivity contribution in [3.63, 3.8) is 0 Å². The molecule has 0 aliphatic carbocycles. The minimum Gasteiger partial charge on any atom is -0.462 e. The van der Waals surface area contributed by atoms with Gasteiger partial charge in [0.1, 0.15) is 36.3 Å². The Kier molecular flexibility index (Phi) is 20.3. The van der Waals surface area contributed by atoms with Crippen LogP contribution in [0.3, 0.4) is 0 Å². The van der Waals surface area contributed by atoms with E-state index in [1.54, 1.807) is 90.3 Å². The Morgan fingerprint density at radius 3 is 2.47 bits per heavy atom. The number of aromatic nitrogens is 1. The molecule has 0 unspecified atom stereocenters. The molecule has 0 saturated carbocycles. The molecule has 4 heterocycles. The average Bonchev–Trinajstić information content (AvgIpc) is 3.21. The van der Waals surface area contributed by atoms with Crippen LogP contribution in [-0.4, -0.2) is 157 Å². The second-order valence-corrected chi connectivity index (χ2v) is 17.1. The van der Waals surface area contributed by atoms with Crippen LogP contribution >= 0.6 is 0 Å². The topological polar surface area (TPSA) is 202 Å². The van der Waals surface area contributed by atoms with Crippen molar-refractivity contribution in [2.24, 2.45) is 11.8 Å². The number of carbonyl (C=O) groups is 3. The van der Waals surface area contributed by atoms with Crippen LogP contribution in [0.5, 0.6) is 0 Å². The van der Waals surface area contributed by atoms with Crippen molar-refractivity contribution >= 4 is 24.3 Å². The van der Waals surface area contributed by atoms with Crippen molar-refractivity contribution in [1.29, 1.82) is 0 Å². The van der Waals surface area contributed by atoms with E-state index in [0.717, 1.165) is 11.8 Å². The molecule has 2 saturated heterocycles. The number of pyridine rings is 1. The highest BCUT2D eigenvalue weighted by atomic mass is 16.7. The third kappa shape index (κ3) is 14.6.